The van der Waals surface area contributed by atoms with Crippen LogP contribution in [-0.2, 0) is 17.1 Å². The van der Waals surface area contributed by atoms with Crippen molar-refractivity contribution in [2.75, 3.05) is 0 Å². The van der Waals surface area contributed by atoms with E-state index in [1.165, 1.54) is 43.8 Å². The fourth-order valence-electron chi connectivity index (χ4n) is 6.88. The Labute approximate surface area is 309 Å². The van der Waals surface area contributed by atoms with Gasteiger partial charge in [-0.2, -0.15) is 0 Å². The van der Waals surface area contributed by atoms with Crippen molar-refractivity contribution in [2.45, 2.75) is 43.9 Å². The van der Waals surface area contributed by atoms with Crippen LogP contribution in [0, 0.1) is 0 Å². The van der Waals surface area contributed by atoms with Gasteiger partial charge in [-0.15, -0.1) is 22.7 Å². The molecule has 0 aliphatic rings. The van der Waals surface area contributed by atoms with Crippen molar-refractivity contribution < 1.29 is 8.42 Å². The first-order valence-electron chi connectivity index (χ1n) is 17.6. The van der Waals surface area contributed by atoms with Gasteiger partial charge in [0.15, 0.2) is 10.7 Å². The second-order valence-corrected chi connectivity index (χ2v) is 15.5. The maximum Gasteiger partial charge on any atom is 0.169 e. The van der Waals surface area contributed by atoms with Crippen LogP contribution in [0.15, 0.2) is 161 Å². The molecule has 2 heterocycles. The number of thiol groups is 1. The molecule has 5 heteroatoms. The van der Waals surface area contributed by atoms with Gasteiger partial charge in [0, 0.05) is 20.2 Å². The Bertz CT molecular complexity index is 2510. The molecule has 9 rings (SSSR count). The van der Waals surface area contributed by atoms with Crippen molar-refractivity contribution in [3.63, 3.8) is 0 Å². The third-order valence-corrected chi connectivity index (χ3v) is 12.0. The largest absolute Gasteiger partial charge is 0.227 e. The minimum absolute atomic E-state index is 0.464. The fraction of sp³-hybridized carbons (Fsp3) is 0.130. The van der Waals surface area contributed by atoms with Gasteiger partial charge in [-0.05, 0) is 103 Å². The molecular formula is C46H40O2S3. The first kappa shape index (κ1) is 34.6. The molecule has 2 aromatic heterocycles. The zero-order chi connectivity index (χ0) is 35.0. The van der Waals surface area contributed by atoms with E-state index >= 15 is 0 Å². The van der Waals surface area contributed by atoms with Crippen LogP contribution in [0.3, 0.4) is 0 Å². The summed E-state index contributed by atoms with van der Waals surface area (Å²) in [5.41, 5.74) is 3.36. The maximum absolute atomic E-state index is 12.6. The normalized spacial score (nSPS) is 11.2. The fourth-order valence-corrected chi connectivity index (χ4v) is 9.30. The highest BCUT2D eigenvalue weighted by Gasteiger charge is 2.19. The van der Waals surface area contributed by atoms with Gasteiger partial charge in [0.2, 0.25) is 0 Å². The van der Waals surface area contributed by atoms with Gasteiger partial charge in [0.25, 0.3) is 0 Å². The summed E-state index contributed by atoms with van der Waals surface area (Å²) in [5, 5.41) is 13.0. The molecule has 0 aliphatic carbocycles. The van der Waals surface area contributed by atoms with Gasteiger partial charge < -0.3 is 0 Å². The molecule has 9 aromatic rings. The molecule has 0 saturated heterocycles. The van der Waals surface area contributed by atoms with E-state index in [0.717, 1.165) is 57.5 Å². The van der Waals surface area contributed by atoms with Gasteiger partial charge in [-0.1, -0.05) is 141 Å². The number of hydrogen-bond donors (Lipinski definition) is 1. The summed E-state index contributed by atoms with van der Waals surface area (Å²) in [5.74, 6) is 0. The Kier molecular flexibility index (Phi) is 11.2. The number of rotatable bonds is 7. The summed E-state index contributed by atoms with van der Waals surface area (Å²) < 4.78 is 28.0. The minimum atomic E-state index is -2.74. The summed E-state index contributed by atoms with van der Waals surface area (Å²) in [4.78, 5) is 0.464. The predicted molar refractivity (Wildman–Crippen MR) is 224 cm³/mol. The molecule has 254 valence electrons. The number of fused-ring (bicyclic) bond motifs is 5. The highest BCUT2D eigenvalue weighted by molar-refractivity contribution is 7.73. The molecule has 0 amide bonds. The molecule has 2 nitrogen and oxygen atoms in total. The highest BCUT2D eigenvalue weighted by atomic mass is 32.2. The number of benzene rings is 7. The average molecular weight is 721 g/mol. The first-order valence-corrected chi connectivity index (χ1v) is 20.5. The summed E-state index contributed by atoms with van der Waals surface area (Å²) >= 11 is 3.57. The summed E-state index contributed by atoms with van der Waals surface area (Å²) in [7, 11) is -2.74. The van der Waals surface area contributed by atoms with E-state index in [9.17, 15) is 8.42 Å². The van der Waals surface area contributed by atoms with Crippen LogP contribution in [0.25, 0.3) is 63.6 Å². The number of unbranched alkanes of at least 4 members (excludes halogenated alkanes) is 3. The molecule has 0 aliphatic heterocycles. The van der Waals surface area contributed by atoms with Crippen LogP contribution in [-0.4, -0.2) is 8.42 Å². The van der Waals surface area contributed by atoms with E-state index in [0.29, 0.717) is 4.90 Å². The second-order valence-electron chi connectivity index (χ2n) is 12.7. The molecule has 0 fully saturated rings. The van der Waals surface area contributed by atoms with Crippen molar-refractivity contribution in [3.8, 4) is 11.1 Å². The zero-order valence-electron chi connectivity index (χ0n) is 28.6. The van der Waals surface area contributed by atoms with Crippen molar-refractivity contribution in [3.05, 3.63) is 162 Å². The van der Waals surface area contributed by atoms with Gasteiger partial charge in [0.05, 0.1) is 4.90 Å². The Morgan fingerprint density at radius 1 is 0.510 bits per heavy atom. The first-order chi connectivity index (χ1) is 25.1. The topological polar surface area (TPSA) is 34.1 Å². The maximum atomic E-state index is 12.6. The van der Waals surface area contributed by atoms with Gasteiger partial charge in [-0.25, -0.2) is 8.42 Å². The van der Waals surface area contributed by atoms with Crippen LogP contribution in [0.4, 0.5) is 0 Å². The van der Waals surface area contributed by atoms with E-state index in [1.807, 2.05) is 18.2 Å². The molecule has 0 saturated carbocycles. The SMILES string of the molecule is CCCCCCc1cccc2c(-c3ccc4ccccc4c3)c3ccccc3c([SH](=O)=O)c12.c1ccc2sccc2c1.c1ccc2sccc2c1. The summed E-state index contributed by atoms with van der Waals surface area (Å²) in [6.07, 6.45) is 5.52. The molecule has 0 radical (unpaired) electrons. The summed E-state index contributed by atoms with van der Waals surface area (Å²) in [6.45, 7) is 2.21. The molecule has 7 aromatic carbocycles. The van der Waals surface area contributed by atoms with E-state index in [4.69, 9.17) is 0 Å². The lowest BCUT2D eigenvalue weighted by Gasteiger charge is -2.17. The second kappa shape index (κ2) is 16.5. The number of aryl methyl sites for hydroxylation is 1. The van der Waals surface area contributed by atoms with Crippen molar-refractivity contribution in [1.82, 2.24) is 0 Å². The van der Waals surface area contributed by atoms with Gasteiger partial charge >= 0.3 is 0 Å². The molecule has 0 spiro atoms. The van der Waals surface area contributed by atoms with E-state index < -0.39 is 10.7 Å². The van der Waals surface area contributed by atoms with Gasteiger partial charge in [-0.3, -0.25) is 0 Å². The molecular weight excluding hydrogens is 681 g/mol. The standard InChI is InChI=1S/C30H28O2S.2C8H6S/c1-2-3-4-5-12-22-14-10-17-27-28(24-19-18-21-11-6-7-13-23(21)20-24)25-15-8-9-16-26(25)30(29(22)27)33(31)32;2*1-2-4-8-7(3-1)5-6-9-8/h6-11,13-20,33H,2-5,12H2,1H3;2*1-6H. The predicted octanol–water partition coefficient (Wildman–Crippen LogP) is 13.7. The van der Waals surface area contributed by atoms with Gasteiger partial charge in [0.1, 0.15) is 0 Å². The third-order valence-electron chi connectivity index (χ3n) is 9.35. The lowest BCUT2D eigenvalue weighted by atomic mass is 9.88. The van der Waals surface area contributed by atoms with Crippen molar-refractivity contribution in [2.24, 2.45) is 0 Å². The lowest BCUT2D eigenvalue weighted by molar-refractivity contribution is 0.616. The number of thiophene rings is 2. The zero-order valence-corrected chi connectivity index (χ0v) is 31.2. The van der Waals surface area contributed by atoms with Crippen molar-refractivity contribution >= 4 is 85.9 Å². The third kappa shape index (κ3) is 7.77. The van der Waals surface area contributed by atoms with Crippen LogP contribution in [0.5, 0.6) is 0 Å². The molecule has 0 unspecified atom stereocenters. The van der Waals surface area contributed by atoms with E-state index in [1.54, 1.807) is 22.7 Å². The average Bonchev–Trinajstić information content (AvgIpc) is 3.86. The van der Waals surface area contributed by atoms with E-state index in [-0.39, 0.29) is 0 Å². The molecule has 0 bridgehead atoms. The van der Waals surface area contributed by atoms with Crippen LogP contribution >= 0.6 is 22.7 Å². The minimum Gasteiger partial charge on any atom is -0.227 e. The van der Waals surface area contributed by atoms with Crippen molar-refractivity contribution in [1.29, 1.82) is 0 Å². The lowest BCUT2D eigenvalue weighted by Crippen LogP contribution is -1.97. The van der Waals surface area contributed by atoms with Crippen LogP contribution in [0.1, 0.15) is 38.2 Å². The Hall–Kier alpha value is -4.81. The number of hydrogen-bond acceptors (Lipinski definition) is 4. The monoisotopic (exact) mass is 720 g/mol. The molecule has 0 N–H and O–H groups in total. The molecule has 0 atom stereocenters. The van der Waals surface area contributed by atoms with E-state index in [2.05, 4.69) is 145 Å². The van der Waals surface area contributed by atoms with Crippen LogP contribution in [0.2, 0.25) is 0 Å². The van der Waals surface area contributed by atoms with Crippen LogP contribution < -0.4 is 0 Å². The Morgan fingerprint density at radius 2 is 1.10 bits per heavy atom. The Morgan fingerprint density at radius 3 is 1.75 bits per heavy atom. The quantitative estimate of drug-likeness (QED) is 0.101. The highest BCUT2D eigenvalue weighted by Crippen LogP contribution is 2.42. The Balaban J connectivity index is 0.000000180. The summed E-state index contributed by atoms with van der Waals surface area (Å²) in [6, 6.07) is 50.2. The smallest absolute Gasteiger partial charge is 0.169 e. The molecule has 51 heavy (non-hydrogen) atoms.